The van der Waals surface area contributed by atoms with Crippen molar-refractivity contribution in [2.75, 3.05) is 26.0 Å². The number of nitrogens with zero attached hydrogens (tertiary/aromatic N) is 1. The molecule has 0 spiro atoms. The number of carbonyl (C=O) groups is 1. The second kappa shape index (κ2) is 5.98. The van der Waals surface area contributed by atoms with Crippen molar-refractivity contribution in [3.8, 4) is 0 Å². The zero-order valence-electron chi connectivity index (χ0n) is 8.82. The Kier molecular flexibility index (Phi) is 5.71. The highest BCUT2D eigenvalue weighted by molar-refractivity contribution is 7.89. The van der Waals surface area contributed by atoms with Gasteiger partial charge in [0.05, 0.1) is 18.8 Å². The first-order valence-electron chi connectivity index (χ1n) is 4.53. The van der Waals surface area contributed by atoms with Gasteiger partial charge in [0, 0.05) is 13.6 Å². The van der Waals surface area contributed by atoms with Crippen molar-refractivity contribution < 1.29 is 17.9 Å². The van der Waals surface area contributed by atoms with Crippen molar-refractivity contribution in [3.63, 3.8) is 0 Å². The SMILES string of the molecule is CCOC(=O)CCN(C)S(=O)(=O)CC. The standard InChI is InChI=1S/C8H17NO4S/c1-4-13-8(10)6-7-9(3)14(11,12)5-2/h4-7H2,1-3H3. The molecule has 0 aliphatic heterocycles. The van der Waals surface area contributed by atoms with E-state index in [9.17, 15) is 13.2 Å². The lowest BCUT2D eigenvalue weighted by molar-refractivity contribution is -0.143. The fourth-order valence-electron chi connectivity index (χ4n) is 0.841. The van der Waals surface area contributed by atoms with E-state index < -0.39 is 10.0 Å². The summed E-state index contributed by atoms with van der Waals surface area (Å²) in [7, 11) is -1.73. The molecule has 0 aliphatic carbocycles. The van der Waals surface area contributed by atoms with Crippen molar-refractivity contribution in [1.29, 1.82) is 0 Å². The molecule has 0 atom stereocenters. The van der Waals surface area contributed by atoms with E-state index in [4.69, 9.17) is 0 Å². The molecule has 84 valence electrons. The van der Waals surface area contributed by atoms with Gasteiger partial charge in [-0.25, -0.2) is 12.7 Å². The maximum Gasteiger partial charge on any atom is 0.307 e. The highest BCUT2D eigenvalue weighted by Gasteiger charge is 2.15. The average Bonchev–Trinajstić information content (AvgIpc) is 2.14. The smallest absolute Gasteiger partial charge is 0.307 e. The van der Waals surface area contributed by atoms with E-state index in [1.165, 1.54) is 11.4 Å². The van der Waals surface area contributed by atoms with E-state index in [0.717, 1.165) is 0 Å². The van der Waals surface area contributed by atoms with Crippen LogP contribution in [-0.4, -0.2) is 44.6 Å². The summed E-state index contributed by atoms with van der Waals surface area (Å²) < 4.78 is 28.3. The van der Waals surface area contributed by atoms with Gasteiger partial charge in [0.25, 0.3) is 0 Å². The Balaban J connectivity index is 3.97. The molecule has 0 N–H and O–H groups in total. The lowest BCUT2D eigenvalue weighted by atomic mass is 10.4. The van der Waals surface area contributed by atoms with Crippen LogP contribution < -0.4 is 0 Å². The zero-order chi connectivity index (χ0) is 11.2. The Bertz CT molecular complexity index is 273. The number of carbonyl (C=O) groups excluding carboxylic acids is 1. The maximum atomic E-state index is 11.2. The van der Waals surface area contributed by atoms with Gasteiger partial charge in [0.15, 0.2) is 0 Å². The number of hydrogen-bond acceptors (Lipinski definition) is 4. The monoisotopic (exact) mass is 223 g/mol. The first-order valence-corrected chi connectivity index (χ1v) is 6.14. The third-order valence-electron chi connectivity index (χ3n) is 1.78. The zero-order valence-corrected chi connectivity index (χ0v) is 9.63. The van der Waals surface area contributed by atoms with Gasteiger partial charge in [-0.15, -0.1) is 0 Å². The van der Waals surface area contributed by atoms with Crippen LogP contribution in [0.25, 0.3) is 0 Å². The van der Waals surface area contributed by atoms with Crippen LogP contribution in [0, 0.1) is 0 Å². The predicted octanol–water partition coefficient (Wildman–Crippen LogP) is 0.221. The van der Waals surface area contributed by atoms with E-state index in [-0.39, 0.29) is 24.7 Å². The molecular weight excluding hydrogens is 206 g/mol. The van der Waals surface area contributed by atoms with Crippen molar-refractivity contribution >= 4 is 16.0 Å². The number of ether oxygens (including phenoxy) is 1. The normalized spacial score (nSPS) is 11.7. The molecule has 0 bridgehead atoms. The maximum absolute atomic E-state index is 11.2. The molecule has 0 aromatic rings. The molecule has 0 fully saturated rings. The van der Waals surface area contributed by atoms with Crippen LogP contribution in [-0.2, 0) is 19.6 Å². The molecule has 0 aliphatic rings. The Morgan fingerprint density at radius 2 is 1.93 bits per heavy atom. The highest BCUT2D eigenvalue weighted by atomic mass is 32.2. The molecule has 6 heteroatoms. The molecule has 0 radical (unpaired) electrons. The van der Waals surface area contributed by atoms with E-state index in [1.807, 2.05) is 0 Å². The van der Waals surface area contributed by atoms with Gasteiger partial charge in [-0.2, -0.15) is 0 Å². The van der Waals surface area contributed by atoms with E-state index in [0.29, 0.717) is 6.61 Å². The fourth-order valence-corrected chi connectivity index (χ4v) is 1.65. The van der Waals surface area contributed by atoms with Crippen molar-refractivity contribution in [3.05, 3.63) is 0 Å². The van der Waals surface area contributed by atoms with E-state index in [2.05, 4.69) is 4.74 Å². The summed E-state index contributed by atoms with van der Waals surface area (Å²) in [5.41, 5.74) is 0. The predicted molar refractivity (Wildman–Crippen MR) is 53.3 cm³/mol. The van der Waals surface area contributed by atoms with Crippen molar-refractivity contribution in [1.82, 2.24) is 4.31 Å². The van der Waals surface area contributed by atoms with Gasteiger partial charge in [0.2, 0.25) is 10.0 Å². The molecule has 0 aromatic carbocycles. The molecule has 0 aromatic heterocycles. The summed E-state index contributed by atoms with van der Waals surface area (Å²) in [4.78, 5) is 10.9. The number of esters is 1. The fraction of sp³-hybridized carbons (Fsp3) is 0.875. The molecule has 0 heterocycles. The molecule has 0 saturated heterocycles. The Labute approximate surface area is 85.1 Å². The first-order chi connectivity index (χ1) is 6.44. The van der Waals surface area contributed by atoms with Crippen LogP contribution in [0.2, 0.25) is 0 Å². The third-order valence-corrected chi connectivity index (χ3v) is 3.64. The van der Waals surface area contributed by atoms with Crippen molar-refractivity contribution in [2.24, 2.45) is 0 Å². The van der Waals surface area contributed by atoms with Crippen molar-refractivity contribution in [2.45, 2.75) is 20.3 Å². The third kappa shape index (κ3) is 4.57. The molecule has 0 amide bonds. The number of hydrogen-bond donors (Lipinski definition) is 0. The molecule has 0 unspecified atom stereocenters. The number of rotatable bonds is 6. The number of sulfonamides is 1. The topological polar surface area (TPSA) is 63.7 Å². The molecule has 0 saturated carbocycles. The Morgan fingerprint density at radius 3 is 2.36 bits per heavy atom. The molecular formula is C8H17NO4S. The summed E-state index contributed by atoms with van der Waals surface area (Å²) in [6, 6.07) is 0. The average molecular weight is 223 g/mol. The van der Waals surface area contributed by atoms with Gasteiger partial charge in [-0.05, 0) is 13.8 Å². The van der Waals surface area contributed by atoms with Crippen LogP contribution in [0.5, 0.6) is 0 Å². The highest BCUT2D eigenvalue weighted by Crippen LogP contribution is 1.99. The Morgan fingerprint density at radius 1 is 1.36 bits per heavy atom. The summed E-state index contributed by atoms with van der Waals surface area (Å²) in [5, 5.41) is 0. The quantitative estimate of drug-likeness (QED) is 0.604. The lowest BCUT2D eigenvalue weighted by Gasteiger charge is -2.14. The first kappa shape index (κ1) is 13.4. The molecule has 14 heavy (non-hydrogen) atoms. The summed E-state index contributed by atoms with van der Waals surface area (Å²) in [6.45, 7) is 3.78. The van der Waals surface area contributed by atoms with Crippen LogP contribution >= 0.6 is 0 Å². The van der Waals surface area contributed by atoms with E-state index >= 15 is 0 Å². The lowest BCUT2D eigenvalue weighted by Crippen LogP contribution is -2.30. The van der Waals surface area contributed by atoms with Gasteiger partial charge in [-0.1, -0.05) is 0 Å². The summed E-state index contributed by atoms with van der Waals surface area (Å²) >= 11 is 0. The minimum absolute atomic E-state index is 0.0479. The van der Waals surface area contributed by atoms with Crippen LogP contribution in [0.4, 0.5) is 0 Å². The van der Waals surface area contributed by atoms with Crippen LogP contribution in [0.1, 0.15) is 20.3 Å². The van der Waals surface area contributed by atoms with Gasteiger partial charge < -0.3 is 4.74 Å². The van der Waals surface area contributed by atoms with E-state index in [1.54, 1.807) is 13.8 Å². The van der Waals surface area contributed by atoms with Crippen LogP contribution in [0.15, 0.2) is 0 Å². The summed E-state index contributed by atoms with van der Waals surface area (Å²) in [5.74, 6) is -0.322. The second-order valence-corrected chi connectivity index (χ2v) is 5.14. The minimum Gasteiger partial charge on any atom is -0.466 e. The second-order valence-electron chi connectivity index (χ2n) is 2.78. The summed E-state index contributed by atoms with van der Waals surface area (Å²) in [6.07, 6.45) is 0.101. The minimum atomic E-state index is -3.18. The molecule has 0 rings (SSSR count). The van der Waals surface area contributed by atoms with Gasteiger partial charge in [0.1, 0.15) is 0 Å². The Hall–Kier alpha value is -0.620. The van der Waals surface area contributed by atoms with Gasteiger partial charge in [-0.3, -0.25) is 4.79 Å². The van der Waals surface area contributed by atoms with Crippen LogP contribution in [0.3, 0.4) is 0 Å². The molecule has 5 nitrogen and oxygen atoms in total. The largest absolute Gasteiger partial charge is 0.466 e. The van der Waals surface area contributed by atoms with Gasteiger partial charge >= 0.3 is 5.97 Å².